The predicted molar refractivity (Wildman–Crippen MR) is 41.7 cm³/mol. The fraction of sp³-hybridized carbons (Fsp3) is 0.333. The van der Waals surface area contributed by atoms with Crippen LogP contribution in [0.4, 0.5) is 4.79 Å². The quantitative estimate of drug-likeness (QED) is 0.401. The number of nitrogens with two attached hydrogens (primary N) is 1. The monoisotopic (exact) mass is 197 g/mol. The van der Waals surface area contributed by atoms with Crippen molar-refractivity contribution in [1.29, 1.82) is 0 Å². The molecule has 0 aliphatic carbocycles. The number of halogens is 1. The van der Waals surface area contributed by atoms with Gasteiger partial charge < -0.3 is 21.1 Å². The molecule has 0 spiro atoms. The molecule has 0 saturated heterocycles. The Morgan fingerprint density at radius 3 is 1.27 bits per heavy atom. The van der Waals surface area contributed by atoms with Crippen LogP contribution in [0.1, 0.15) is 0 Å². The van der Waals surface area contributed by atoms with E-state index in [1.54, 1.807) is 0 Å². The van der Waals surface area contributed by atoms with E-state index in [1.165, 1.54) is 0 Å². The van der Waals surface area contributed by atoms with Gasteiger partial charge in [-0.1, -0.05) is 0 Å². The van der Waals surface area contributed by atoms with Crippen LogP contribution in [0.25, 0.3) is 0 Å². The van der Waals surface area contributed by atoms with Crippen LogP contribution in [0.3, 0.4) is 0 Å². The van der Waals surface area contributed by atoms with Crippen molar-refractivity contribution < 1.29 is 24.9 Å². The molecule has 64 valence electrons. The summed E-state index contributed by atoms with van der Waals surface area (Å²) in [6.45, 7) is -0.278. The maximum atomic E-state index is 9.24. The van der Waals surface area contributed by atoms with Gasteiger partial charge in [0.15, 0.2) is 0 Å². The van der Waals surface area contributed by atoms with E-state index in [4.69, 9.17) is 20.1 Å². The first-order valence-corrected chi connectivity index (χ1v) is 1.84. The van der Waals surface area contributed by atoms with Gasteiger partial charge in [-0.05, 0) is 0 Å². The Morgan fingerprint density at radius 1 is 1.18 bits per heavy atom. The van der Waals surface area contributed by atoms with Crippen LogP contribution in [-0.4, -0.2) is 63.5 Å². The molecule has 5 N–H and O–H groups in total. The molecule has 0 rings (SSSR count). The molecule has 11 heavy (non-hydrogen) atoms. The van der Waals surface area contributed by atoms with E-state index in [9.17, 15) is 4.79 Å². The van der Waals surface area contributed by atoms with E-state index in [0.717, 1.165) is 0 Å². The van der Waals surface area contributed by atoms with Crippen molar-refractivity contribution in [2.45, 2.75) is 0 Å². The van der Waals surface area contributed by atoms with Crippen molar-refractivity contribution in [3.8, 4) is 0 Å². The van der Waals surface area contributed by atoms with E-state index in [1.807, 2.05) is 0 Å². The number of carboxylic acids is 1. The molecule has 0 atom stereocenters. The van der Waals surface area contributed by atoms with Gasteiger partial charge in [-0.2, -0.15) is 0 Å². The molecule has 0 fully saturated rings. The number of carboxylic acid groups (broad SMARTS) is 3. The van der Waals surface area contributed by atoms with E-state index < -0.39 is 12.1 Å². The molecule has 0 bridgehead atoms. The van der Waals surface area contributed by atoms with Crippen molar-refractivity contribution in [2.24, 2.45) is 5.73 Å². The van der Waals surface area contributed by atoms with Crippen LogP contribution in [0.2, 0.25) is 0 Å². The van der Waals surface area contributed by atoms with E-state index >= 15 is 0 Å². The van der Waals surface area contributed by atoms with Crippen molar-refractivity contribution in [3.05, 3.63) is 0 Å². The Kier molecular flexibility index (Phi) is 33.7. The molecule has 6 nitrogen and oxygen atoms in total. The normalized spacial score (nSPS) is 5.55. The van der Waals surface area contributed by atoms with Gasteiger partial charge in [0.1, 0.15) is 0 Å². The summed E-state index contributed by atoms with van der Waals surface area (Å²) in [5.41, 5.74) is 4.57. The molecule has 0 saturated carbocycles. The number of aliphatic carboxylic acids is 1. The predicted octanol–water partition coefficient (Wildman–Crippen LogP) is -0.975. The zero-order valence-electron chi connectivity index (χ0n) is 4.85. The van der Waals surface area contributed by atoms with Crippen LogP contribution in [0, 0.1) is 0 Å². The number of hydrogen-bond acceptors (Lipinski definition) is 3. The number of rotatable bonds is 1. The van der Waals surface area contributed by atoms with E-state index in [-0.39, 0.29) is 48.5 Å². The summed E-state index contributed by atoms with van der Waals surface area (Å²) in [5.74, 6) is -0.968. The standard InChI is InChI=1S/C2H5NO2.CH2O3.ClH.Na.H/c3-1-2(4)5;2-1(3)4;;;/h1,3H2,(H,4,5);(H2,2,3,4);1H;;. The molecule has 0 aliphatic heterocycles. The molecule has 0 aromatic rings. The van der Waals surface area contributed by atoms with Crippen molar-refractivity contribution in [3.63, 3.8) is 0 Å². The van der Waals surface area contributed by atoms with Gasteiger partial charge in [0.05, 0.1) is 6.54 Å². The second kappa shape index (κ2) is 16.5. The Hall–Kier alpha value is -0.0100. The topological polar surface area (TPSA) is 121 Å². The summed E-state index contributed by atoms with van der Waals surface area (Å²) in [6, 6.07) is 0. The molecular weight excluding hydrogens is 188 g/mol. The van der Waals surface area contributed by atoms with Gasteiger partial charge >= 0.3 is 41.7 Å². The average Bonchev–Trinajstić information content (AvgIpc) is 1.65. The Balaban J connectivity index is -0.0000000383. The minimum absolute atomic E-state index is 0. The second-order valence-electron chi connectivity index (χ2n) is 0.880. The molecule has 0 heterocycles. The van der Waals surface area contributed by atoms with Crippen LogP contribution >= 0.6 is 12.4 Å². The summed E-state index contributed by atoms with van der Waals surface area (Å²) in [4.78, 5) is 17.8. The first-order chi connectivity index (χ1) is 4.00. The third kappa shape index (κ3) is 161. The minimum atomic E-state index is -1.83. The summed E-state index contributed by atoms with van der Waals surface area (Å²) in [5, 5.41) is 21.5. The molecular formula is C3H9ClNNaO5. The third-order valence-corrected chi connectivity index (χ3v) is 0.175. The molecule has 0 amide bonds. The molecule has 0 aromatic heterocycles. The summed E-state index contributed by atoms with van der Waals surface area (Å²) in [6.07, 6.45) is -1.83. The Bertz CT molecular complexity index is 106. The van der Waals surface area contributed by atoms with E-state index in [2.05, 4.69) is 5.73 Å². The zero-order valence-corrected chi connectivity index (χ0v) is 5.67. The third-order valence-electron chi connectivity index (χ3n) is 0.175. The average molecular weight is 198 g/mol. The molecule has 0 radical (unpaired) electrons. The second-order valence-corrected chi connectivity index (χ2v) is 0.880. The van der Waals surface area contributed by atoms with Crippen molar-refractivity contribution in [1.82, 2.24) is 0 Å². The summed E-state index contributed by atoms with van der Waals surface area (Å²) in [7, 11) is 0. The molecule has 0 aromatic carbocycles. The Morgan fingerprint density at radius 2 is 1.27 bits per heavy atom. The first-order valence-electron chi connectivity index (χ1n) is 1.84. The van der Waals surface area contributed by atoms with Crippen molar-refractivity contribution in [2.75, 3.05) is 6.54 Å². The fourth-order valence-corrected chi connectivity index (χ4v) is 0. The maximum absolute atomic E-state index is 9.24. The van der Waals surface area contributed by atoms with Crippen LogP contribution < -0.4 is 5.73 Å². The van der Waals surface area contributed by atoms with Crippen LogP contribution in [0.15, 0.2) is 0 Å². The van der Waals surface area contributed by atoms with Gasteiger partial charge in [0.2, 0.25) is 0 Å². The van der Waals surface area contributed by atoms with Gasteiger partial charge in [-0.15, -0.1) is 12.4 Å². The van der Waals surface area contributed by atoms with Gasteiger partial charge in [0, 0.05) is 0 Å². The molecule has 8 heteroatoms. The van der Waals surface area contributed by atoms with Crippen LogP contribution in [-0.2, 0) is 4.79 Å². The number of carbonyl (C=O) groups is 2. The Labute approximate surface area is 91.1 Å². The zero-order chi connectivity index (χ0) is 7.86. The molecule has 0 aliphatic rings. The fourth-order valence-electron chi connectivity index (χ4n) is 0. The molecule has 0 unspecified atom stereocenters. The van der Waals surface area contributed by atoms with Crippen molar-refractivity contribution >= 4 is 54.1 Å². The van der Waals surface area contributed by atoms with E-state index in [0.29, 0.717) is 0 Å². The first kappa shape index (κ1) is 22.4. The van der Waals surface area contributed by atoms with Crippen LogP contribution in [0.5, 0.6) is 0 Å². The SMILES string of the molecule is Cl.NCC(=O)O.O=C(O)O.[NaH]. The number of hydrogen-bond donors (Lipinski definition) is 4. The van der Waals surface area contributed by atoms with Gasteiger partial charge in [-0.3, -0.25) is 4.79 Å². The van der Waals surface area contributed by atoms with Gasteiger partial charge in [0.25, 0.3) is 0 Å². The van der Waals surface area contributed by atoms with Gasteiger partial charge in [-0.25, -0.2) is 4.79 Å². The summed E-state index contributed by atoms with van der Waals surface area (Å²) >= 11 is 0. The summed E-state index contributed by atoms with van der Waals surface area (Å²) < 4.78 is 0.